The maximum atomic E-state index is 10.8. The molecule has 9 atom stereocenters. The number of hydrogen-bond acceptors (Lipinski definition) is 1. The van der Waals surface area contributed by atoms with E-state index in [0.29, 0.717) is 22.2 Å². The van der Waals surface area contributed by atoms with Gasteiger partial charge in [-0.05, 0) is 115 Å². The molecule has 30 heavy (non-hydrogen) atoms. The van der Waals surface area contributed by atoms with Crippen LogP contribution in [-0.4, -0.2) is 11.2 Å². The van der Waals surface area contributed by atoms with E-state index in [1.807, 2.05) is 5.57 Å². The van der Waals surface area contributed by atoms with Crippen molar-refractivity contribution in [2.75, 3.05) is 0 Å². The topological polar surface area (TPSA) is 20.2 Å². The number of hydrogen-bond donors (Lipinski definition) is 1. The van der Waals surface area contributed by atoms with Crippen LogP contribution in [0.25, 0.3) is 0 Å². The van der Waals surface area contributed by atoms with Crippen LogP contribution in [0.2, 0.25) is 0 Å². The Bertz CT molecular complexity index is 733. The van der Waals surface area contributed by atoms with E-state index in [1.54, 1.807) is 0 Å². The van der Waals surface area contributed by atoms with Gasteiger partial charge in [-0.2, -0.15) is 0 Å². The van der Waals surface area contributed by atoms with Crippen LogP contribution in [0.3, 0.4) is 0 Å². The molecule has 170 valence electrons. The predicted molar refractivity (Wildman–Crippen MR) is 126 cm³/mol. The van der Waals surface area contributed by atoms with Crippen LogP contribution in [0.15, 0.2) is 11.6 Å². The van der Waals surface area contributed by atoms with Crippen LogP contribution < -0.4 is 0 Å². The number of fused-ring (bicyclic) bond motifs is 7. The van der Waals surface area contributed by atoms with Crippen molar-refractivity contribution in [1.29, 1.82) is 0 Å². The molecule has 0 amide bonds. The molecule has 0 aromatic carbocycles. The van der Waals surface area contributed by atoms with Gasteiger partial charge in [0, 0.05) is 0 Å². The summed E-state index contributed by atoms with van der Waals surface area (Å²) in [5.74, 6) is 5.01. The Labute approximate surface area is 186 Å². The molecule has 1 N–H and O–H groups in total. The lowest BCUT2D eigenvalue weighted by molar-refractivity contribution is -0.175. The second kappa shape index (κ2) is 6.61. The van der Waals surface area contributed by atoms with Gasteiger partial charge in [0.05, 0.1) is 6.10 Å². The zero-order valence-corrected chi connectivity index (χ0v) is 20.9. The third-order valence-corrected chi connectivity index (χ3v) is 12.2. The van der Waals surface area contributed by atoms with Gasteiger partial charge in [0.25, 0.3) is 0 Å². The fourth-order valence-electron chi connectivity index (χ4n) is 10.7. The lowest BCUT2D eigenvalue weighted by Gasteiger charge is -2.67. The van der Waals surface area contributed by atoms with Gasteiger partial charge in [-0.1, -0.05) is 60.1 Å². The summed E-state index contributed by atoms with van der Waals surface area (Å²) in [7, 11) is 0. The van der Waals surface area contributed by atoms with Gasteiger partial charge in [-0.25, -0.2) is 0 Å². The molecular weight excluding hydrogens is 364 g/mol. The quantitative estimate of drug-likeness (QED) is 0.439. The largest absolute Gasteiger partial charge is 0.393 e. The van der Waals surface area contributed by atoms with E-state index < -0.39 is 0 Å². The number of rotatable bonds is 1. The molecule has 1 nitrogen and oxygen atoms in total. The average molecular weight is 413 g/mol. The van der Waals surface area contributed by atoms with Crippen LogP contribution in [-0.2, 0) is 0 Å². The number of aliphatic hydroxyl groups is 1. The van der Waals surface area contributed by atoms with Crippen molar-refractivity contribution < 1.29 is 5.11 Å². The van der Waals surface area contributed by atoms with E-state index in [2.05, 4.69) is 54.5 Å². The first-order valence-corrected chi connectivity index (χ1v) is 13.3. The standard InChI is InChI=1S/C29H48O/c1-18(2)19-10-14-27(5)15-11-21-20(25(19)27)8-9-23-28(21,6)16-12-22-26(3,4)24(30)13-17-29(22,23)7/h11,18-20,22-25,30H,8-10,12-17H2,1-7H3. The molecule has 0 aromatic heterocycles. The number of aliphatic hydroxyl groups excluding tert-OH is 1. The Morgan fingerprint density at radius 2 is 1.60 bits per heavy atom. The zero-order chi connectivity index (χ0) is 21.7. The molecule has 4 saturated carbocycles. The zero-order valence-electron chi connectivity index (χ0n) is 20.9. The molecule has 0 heterocycles. The summed E-state index contributed by atoms with van der Waals surface area (Å²) >= 11 is 0. The van der Waals surface area contributed by atoms with Crippen molar-refractivity contribution >= 4 is 0 Å². The van der Waals surface area contributed by atoms with Gasteiger partial charge in [-0.3, -0.25) is 0 Å². The maximum Gasteiger partial charge on any atom is 0.0594 e. The summed E-state index contributed by atoms with van der Waals surface area (Å²) in [4.78, 5) is 0. The van der Waals surface area contributed by atoms with Crippen LogP contribution in [0.4, 0.5) is 0 Å². The van der Waals surface area contributed by atoms with E-state index in [4.69, 9.17) is 0 Å². The highest BCUT2D eigenvalue weighted by molar-refractivity contribution is 5.31. The Hall–Kier alpha value is -0.300. The third-order valence-electron chi connectivity index (χ3n) is 12.2. The van der Waals surface area contributed by atoms with Crippen molar-refractivity contribution in [3.8, 4) is 0 Å². The first-order valence-electron chi connectivity index (χ1n) is 13.3. The van der Waals surface area contributed by atoms with Crippen molar-refractivity contribution in [2.45, 2.75) is 112 Å². The molecule has 0 spiro atoms. The second-order valence-electron chi connectivity index (χ2n) is 14.1. The summed E-state index contributed by atoms with van der Waals surface area (Å²) in [5, 5.41) is 10.8. The minimum atomic E-state index is -0.115. The van der Waals surface area contributed by atoms with Gasteiger partial charge in [-0.15, -0.1) is 0 Å². The van der Waals surface area contributed by atoms with Crippen molar-refractivity contribution in [3.05, 3.63) is 11.6 Å². The van der Waals surface area contributed by atoms with Gasteiger partial charge >= 0.3 is 0 Å². The Balaban J connectivity index is 1.52. The van der Waals surface area contributed by atoms with Crippen LogP contribution in [0.1, 0.15) is 106 Å². The molecule has 0 aliphatic heterocycles. The molecule has 0 radical (unpaired) electrons. The monoisotopic (exact) mass is 412 g/mol. The van der Waals surface area contributed by atoms with Crippen LogP contribution in [0.5, 0.6) is 0 Å². The van der Waals surface area contributed by atoms with Crippen molar-refractivity contribution in [2.24, 2.45) is 57.2 Å². The highest BCUT2D eigenvalue weighted by Gasteiger charge is 2.64. The first-order chi connectivity index (χ1) is 13.9. The molecule has 0 bridgehead atoms. The third kappa shape index (κ3) is 2.63. The Morgan fingerprint density at radius 1 is 0.867 bits per heavy atom. The van der Waals surface area contributed by atoms with Crippen LogP contribution >= 0.6 is 0 Å². The molecule has 4 fully saturated rings. The highest BCUT2D eigenvalue weighted by atomic mass is 16.3. The van der Waals surface area contributed by atoms with E-state index in [9.17, 15) is 5.11 Å². The second-order valence-corrected chi connectivity index (χ2v) is 14.1. The SMILES string of the molecule is CC(C)C1CCC2(C)CC=C3C(CCC4C3(C)CCC3C(C)(C)C(O)CCC43C)C12. The normalized spacial score (nSPS) is 54.6. The summed E-state index contributed by atoms with van der Waals surface area (Å²) in [6.07, 6.45) is 14.7. The van der Waals surface area contributed by atoms with Gasteiger partial charge in [0.15, 0.2) is 0 Å². The molecular formula is C29H48O. The maximum absolute atomic E-state index is 10.8. The van der Waals surface area contributed by atoms with E-state index in [0.717, 1.165) is 36.0 Å². The fourth-order valence-corrected chi connectivity index (χ4v) is 10.7. The lowest BCUT2D eigenvalue weighted by atomic mass is 9.38. The summed E-state index contributed by atoms with van der Waals surface area (Å²) < 4.78 is 0. The fraction of sp³-hybridized carbons (Fsp3) is 0.931. The highest BCUT2D eigenvalue weighted by Crippen LogP contribution is 2.72. The van der Waals surface area contributed by atoms with Gasteiger partial charge in [0.2, 0.25) is 0 Å². The molecule has 0 saturated heterocycles. The molecule has 5 rings (SSSR count). The van der Waals surface area contributed by atoms with E-state index in [1.165, 1.54) is 51.4 Å². The molecule has 5 aliphatic rings. The van der Waals surface area contributed by atoms with E-state index in [-0.39, 0.29) is 11.5 Å². The van der Waals surface area contributed by atoms with Crippen LogP contribution in [0, 0.1) is 57.2 Å². The minimum absolute atomic E-state index is 0.0683. The average Bonchev–Trinajstić information content (AvgIpc) is 3.03. The van der Waals surface area contributed by atoms with Gasteiger partial charge < -0.3 is 5.11 Å². The smallest absolute Gasteiger partial charge is 0.0594 e. The van der Waals surface area contributed by atoms with Crippen molar-refractivity contribution in [3.63, 3.8) is 0 Å². The molecule has 5 aliphatic carbocycles. The first kappa shape index (κ1) is 21.5. The molecule has 1 heteroatoms. The minimum Gasteiger partial charge on any atom is -0.393 e. The predicted octanol–water partition coefficient (Wildman–Crippen LogP) is 7.63. The summed E-state index contributed by atoms with van der Waals surface area (Å²) in [6.45, 7) is 17.7. The Kier molecular flexibility index (Phi) is 4.75. The molecule has 0 aromatic rings. The Morgan fingerprint density at radius 3 is 2.30 bits per heavy atom. The van der Waals surface area contributed by atoms with Crippen molar-refractivity contribution in [1.82, 2.24) is 0 Å². The molecule has 9 unspecified atom stereocenters. The number of allylic oxidation sites excluding steroid dienone is 2. The summed E-state index contributed by atoms with van der Waals surface area (Å²) in [6, 6.07) is 0. The summed E-state index contributed by atoms with van der Waals surface area (Å²) in [5.41, 5.74) is 3.33. The van der Waals surface area contributed by atoms with Gasteiger partial charge in [0.1, 0.15) is 0 Å². The van der Waals surface area contributed by atoms with E-state index >= 15 is 0 Å². The lowest BCUT2D eigenvalue weighted by Crippen LogP contribution is -2.61.